The highest BCUT2D eigenvalue weighted by Crippen LogP contribution is 2.44. The van der Waals surface area contributed by atoms with E-state index in [9.17, 15) is 18.0 Å². The van der Waals surface area contributed by atoms with Crippen molar-refractivity contribution in [2.24, 2.45) is 0 Å². The van der Waals surface area contributed by atoms with Crippen molar-refractivity contribution in [3.63, 3.8) is 0 Å². The number of rotatable bonds is 6. The summed E-state index contributed by atoms with van der Waals surface area (Å²) in [5.41, 5.74) is 5.86. The Balaban J connectivity index is 1.85. The van der Waals surface area contributed by atoms with Crippen LogP contribution in [0.1, 0.15) is 20.8 Å². The molecule has 4 aromatic rings. The molecule has 0 amide bonds. The van der Waals surface area contributed by atoms with Crippen molar-refractivity contribution in [2.75, 3.05) is 12.3 Å². The lowest BCUT2D eigenvalue weighted by Gasteiger charge is -2.12. The number of thiophene rings is 1. The number of fused-ring (bicyclic) bond motifs is 1. The van der Waals surface area contributed by atoms with Crippen LogP contribution in [0.25, 0.3) is 21.5 Å². The molecular formula is C24H17F3N2O2S. The molecule has 0 saturated heterocycles. The molecule has 0 aliphatic rings. The first kappa shape index (κ1) is 21.6. The quantitative estimate of drug-likeness (QED) is 0.272. The van der Waals surface area contributed by atoms with Crippen LogP contribution in [0, 0.1) is 0 Å². The second-order valence-corrected chi connectivity index (χ2v) is 7.90. The van der Waals surface area contributed by atoms with Crippen LogP contribution in [0.5, 0.6) is 5.75 Å². The zero-order chi connectivity index (χ0) is 22.9. The van der Waals surface area contributed by atoms with E-state index in [1.807, 2.05) is 0 Å². The minimum atomic E-state index is -4.68. The highest BCUT2D eigenvalue weighted by Gasteiger charge is 2.36. The lowest BCUT2D eigenvalue weighted by molar-refractivity contribution is -0.136. The highest BCUT2D eigenvalue weighted by molar-refractivity contribution is 7.21. The van der Waals surface area contributed by atoms with E-state index < -0.39 is 17.5 Å². The van der Waals surface area contributed by atoms with Crippen molar-refractivity contribution >= 4 is 33.0 Å². The van der Waals surface area contributed by atoms with Gasteiger partial charge in [0.25, 0.3) is 0 Å². The molecule has 2 aromatic carbocycles. The lowest BCUT2D eigenvalue weighted by Crippen LogP contribution is -2.08. The predicted molar refractivity (Wildman–Crippen MR) is 120 cm³/mol. The molecule has 2 heterocycles. The topological polar surface area (TPSA) is 65.2 Å². The van der Waals surface area contributed by atoms with Gasteiger partial charge in [-0.25, -0.2) is 4.98 Å². The van der Waals surface area contributed by atoms with Crippen LogP contribution < -0.4 is 10.5 Å². The predicted octanol–water partition coefficient (Wildman–Crippen LogP) is 6.36. The number of ether oxygens (including phenoxy) is 1. The van der Waals surface area contributed by atoms with Gasteiger partial charge in [-0.2, -0.15) is 13.2 Å². The van der Waals surface area contributed by atoms with Crippen molar-refractivity contribution < 1.29 is 22.7 Å². The summed E-state index contributed by atoms with van der Waals surface area (Å²) >= 11 is 0.859. The summed E-state index contributed by atoms with van der Waals surface area (Å²) in [5.74, 6) is 0.117. The average Bonchev–Trinajstić information content (AvgIpc) is 3.13. The number of pyridine rings is 1. The molecule has 0 saturated carbocycles. The number of alkyl halides is 3. The molecule has 0 radical (unpaired) electrons. The van der Waals surface area contributed by atoms with Gasteiger partial charge >= 0.3 is 6.18 Å². The second-order valence-electron chi connectivity index (χ2n) is 6.90. The average molecular weight is 454 g/mol. The summed E-state index contributed by atoms with van der Waals surface area (Å²) in [4.78, 5) is 17.4. The van der Waals surface area contributed by atoms with Gasteiger partial charge in [0.15, 0.2) is 0 Å². The van der Waals surface area contributed by atoms with E-state index in [0.717, 1.165) is 17.4 Å². The molecule has 4 rings (SSSR count). The molecule has 4 nitrogen and oxygen atoms in total. The highest BCUT2D eigenvalue weighted by atomic mass is 32.1. The van der Waals surface area contributed by atoms with E-state index in [4.69, 9.17) is 10.5 Å². The lowest BCUT2D eigenvalue weighted by atomic mass is 10.0. The number of benzene rings is 2. The normalized spacial score (nSPS) is 11.5. The third-order valence-electron chi connectivity index (χ3n) is 4.76. The van der Waals surface area contributed by atoms with E-state index in [2.05, 4.69) is 11.6 Å². The Hall–Kier alpha value is -3.65. The Labute approximate surface area is 185 Å². The first-order valence-electron chi connectivity index (χ1n) is 9.53. The largest absolute Gasteiger partial charge is 0.490 e. The maximum Gasteiger partial charge on any atom is 0.417 e. The minimum absolute atomic E-state index is 0.0366. The Morgan fingerprint density at radius 1 is 1.12 bits per heavy atom. The van der Waals surface area contributed by atoms with Gasteiger partial charge < -0.3 is 10.5 Å². The molecule has 2 aromatic heterocycles. The maximum atomic E-state index is 13.9. The van der Waals surface area contributed by atoms with Crippen molar-refractivity contribution in [3.8, 4) is 17.0 Å². The molecule has 0 fully saturated rings. The molecular weight excluding hydrogens is 437 g/mol. The van der Waals surface area contributed by atoms with Gasteiger partial charge in [0.05, 0.1) is 16.9 Å². The molecule has 8 heteroatoms. The summed E-state index contributed by atoms with van der Waals surface area (Å²) < 4.78 is 47.2. The first-order valence-corrected chi connectivity index (χ1v) is 10.4. The number of nitrogens with zero attached hydrogens (tertiary/aromatic N) is 1. The Kier molecular flexibility index (Phi) is 5.71. The minimum Gasteiger partial charge on any atom is -0.490 e. The number of hydrogen-bond acceptors (Lipinski definition) is 5. The fourth-order valence-corrected chi connectivity index (χ4v) is 4.34. The van der Waals surface area contributed by atoms with Crippen molar-refractivity contribution in [3.05, 3.63) is 89.3 Å². The van der Waals surface area contributed by atoms with Crippen LogP contribution in [0.15, 0.2) is 73.3 Å². The summed E-state index contributed by atoms with van der Waals surface area (Å²) in [6.45, 7) is 3.88. The molecule has 0 unspecified atom stereocenters. The number of aromatic nitrogens is 1. The van der Waals surface area contributed by atoms with Gasteiger partial charge in [-0.15, -0.1) is 11.3 Å². The SMILES string of the molecule is C=CCOc1ccc(-c2cc(C(F)(F)F)c3c(N)c(C(=O)c4ccccc4)sc3n2)cc1. The third-order valence-corrected chi connectivity index (χ3v) is 5.86. The van der Waals surface area contributed by atoms with Crippen LogP contribution in [-0.2, 0) is 6.18 Å². The second kappa shape index (κ2) is 8.47. The first-order chi connectivity index (χ1) is 15.3. The fraction of sp³-hybridized carbons (Fsp3) is 0.0833. The summed E-state index contributed by atoms with van der Waals surface area (Å²) in [7, 11) is 0. The summed E-state index contributed by atoms with van der Waals surface area (Å²) in [6.07, 6.45) is -3.08. The molecule has 162 valence electrons. The zero-order valence-corrected chi connectivity index (χ0v) is 17.5. The molecule has 0 spiro atoms. The van der Waals surface area contributed by atoms with Crippen LogP contribution >= 0.6 is 11.3 Å². The molecule has 0 atom stereocenters. The number of ketones is 1. The van der Waals surface area contributed by atoms with Crippen molar-refractivity contribution in [1.82, 2.24) is 4.98 Å². The van der Waals surface area contributed by atoms with Gasteiger partial charge in [-0.1, -0.05) is 43.0 Å². The van der Waals surface area contributed by atoms with Crippen LogP contribution in [0.4, 0.5) is 18.9 Å². The van der Waals surface area contributed by atoms with Gasteiger partial charge in [-0.05, 0) is 30.3 Å². The molecule has 2 N–H and O–H groups in total. The van der Waals surface area contributed by atoms with E-state index in [0.29, 0.717) is 23.5 Å². The van der Waals surface area contributed by atoms with Crippen LogP contribution in [0.2, 0.25) is 0 Å². The van der Waals surface area contributed by atoms with E-state index in [1.54, 1.807) is 60.7 Å². The van der Waals surface area contributed by atoms with Gasteiger partial charge in [0.2, 0.25) is 5.78 Å². The smallest absolute Gasteiger partial charge is 0.417 e. The number of hydrogen-bond donors (Lipinski definition) is 1. The number of anilines is 1. The van der Waals surface area contributed by atoms with Crippen molar-refractivity contribution in [2.45, 2.75) is 6.18 Å². The third kappa shape index (κ3) is 4.09. The Morgan fingerprint density at radius 2 is 1.81 bits per heavy atom. The molecule has 32 heavy (non-hydrogen) atoms. The van der Waals surface area contributed by atoms with E-state index in [1.165, 1.54) is 0 Å². The van der Waals surface area contributed by atoms with Gasteiger partial charge in [0.1, 0.15) is 22.1 Å². The van der Waals surface area contributed by atoms with E-state index in [-0.39, 0.29) is 26.5 Å². The standard InChI is InChI=1S/C24H17F3N2O2S/c1-2-12-31-16-10-8-14(9-11-16)18-13-17(24(25,26)27)19-20(28)22(32-23(19)29-18)21(30)15-6-4-3-5-7-15/h2-11,13H,1,12,28H2. The maximum absolute atomic E-state index is 13.9. The number of halogens is 3. The van der Waals surface area contributed by atoms with E-state index >= 15 is 0 Å². The number of nitrogens with two attached hydrogens (primary N) is 1. The molecule has 0 aliphatic carbocycles. The number of carbonyl (C=O) groups excluding carboxylic acids is 1. The monoisotopic (exact) mass is 454 g/mol. The Morgan fingerprint density at radius 3 is 2.44 bits per heavy atom. The number of carbonyl (C=O) groups is 1. The molecule has 0 bridgehead atoms. The zero-order valence-electron chi connectivity index (χ0n) is 16.6. The Bertz CT molecular complexity index is 1300. The van der Waals surface area contributed by atoms with Crippen molar-refractivity contribution in [1.29, 1.82) is 0 Å². The van der Waals surface area contributed by atoms with Gasteiger partial charge in [0, 0.05) is 16.5 Å². The summed E-state index contributed by atoms with van der Waals surface area (Å²) in [6, 6.07) is 15.8. The fourth-order valence-electron chi connectivity index (χ4n) is 3.26. The van der Waals surface area contributed by atoms with Crippen LogP contribution in [0.3, 0.4) is 0 Å². The van der Waals surface area contributed by atoms with Gasteiger partial charge in [-0.3, -0.25) is 4.79 Å². The molecule has 0 aliphatic heterocycles. The van der Waals surface area contributed by atoms with Crippen LogP contribution in [-0.4, -0.2) is 17.4 Å². The summed E-state index contributed by atoms with van der Waals surface area (Å²) in [5, 5.41) is -0.253. The number of nitrogen functional groups attached to an aromatic ring is 1.